The number of hydrogen-bond donors (Lipinski definition) is 2. The van der Waals surface area contributed by atoms with E-state index in [-0.39, 0.29) is 30.3 Å². The van der Waals surface area contributed by atoms with E-state index in [1.807, 2.05) is 6.92 Å². The maximum absolute atomic E-state index is 12.0. The fraction of sp³-hybridized carbons (Fsp3) is 0.524. The fourth-order valence-electron chi connectivity index (χ4n) is 2.72. The van der Waals surface area contributed by atoms with Crippen molar-refractivity contribution in [2.45, 2.75) is 51.7 Å². The number of nitrogens with two attached hydrogens (primary N) is 1. The first kappa shape index (κ1) is 26.7. The molecule has 178 valence electrons. The molecule has 1 rings (SSSR count). The summed E-state index contributed by atoms with van der Waals surface area (Å²) < 4.78 is 24.1. The van der Waals surface area contributed by atoms with Gasteiger partial charge < -0.3 is 34.5 Å². The summed E-state index contributed by atoms with van der Waals surface area (Å²) in [5, 5.41) is 9.73. The third-order valence-corrected chi connectivity index (χ3v) is 4.66. The van der Waals surface area contributed by atoms with Crippen LogP contribution in [0.15, 0.2) is 18.2 Å². The van der Waals surface area contributed by atoms with Crippen LogP contribution in [0.2, 0.25) is 0 Å². The molecule has 0 amide bonds. The quantitative estimate of drug-likeness (QED) is 0.303. The van der Waals surface area contributed by atoms with Crippen molar-refractivity contribution in [2.24, 2.45) is 11.7 Å². The lowest BCUT2D eigenvalue weighted by Gasteiger charge is -2.28. The largest absolute Gasteiger partial charge is 0.513 e. The summed E-state index contributed by atoms with van der Waals surface area (Å²) in [6.07, 6.45) is -2.68. The molecule has 0 fully saturated rings. The topological polar surface area (TPSA) is 161 Å². The van der Waals surface area contributed by atoms with Crippen LogP contribution >= 0.6 is 0 Å². The van der Waals surface area contributed by atoms with Crippen LogP contribution in [0.1, 0.15) is 39.2 Å². The molecule has 11 nitrogen and oxygen atoms in total. The van der Waals surface area contributed by atoms with Crippen LogP contribution in [0.3, 0.4) is 0 Å². The Balaban J connectivity index is 3.13. The Kier molecular flexibility index (Phi) is 9.92. The zero-order valence-corrected chi connectivity index (χ0v) is 18.7. The minimum absolute atomic E-state index is 0.153. The van der Waals surface area contributed by atoms with Crippen molar-refractivity contribution < 1.29 is 48.0 Å². The van der Waals surface area contributed by atoms with E-state index in [1.54, 1.807) is 13.8 Å². The van der Waals surface area contributed by atoms with E-state index >= 15 is 0 Å². The summed E-state index contributed by atoms with van der Waals surface area (Å²) in [6, 6.07) is 4.03. The minimum Gasteiger partial charge on any atom is -0.480 e. The number of carbonyl (C=O) groups excluding carboxylic acids is 3. The van der Waals surface area contributed by atoms with Gasteiger partial charge in [0.1, 0.15) is 11.6 Å². The molecule has 3 atom stereocenters. The highest BCUT2D eigenvalue weighted by Crippen LogP contribution is 2.31. The molecule has 0 saturated heterocycles. The Bertz CT molecular complexity index is 840. The van der Waals surface area contributed by atoms with Gasteiger partial charge in [-0.05, 0) is 31.0 Å². The lowest BCUT2D eigenvalue weighted by molar-refractivity contribution is -0.156. The molecule has 0 aliphatic rings. The number of ether oxygens (including phenoxy) is 5. The van der Waals surface area contributed by atoms with Crippen molar-refractivity contribution in [1.82, 2.24) is 0 Å². The maximum atomic E-state index is 12.0. The van der Waals surface area contributed by atoms with Crippen molar-refractivity contribution in [3.8, 4) is 11.5 Å². The molecule has 32 heavy (non-hydrogen) atoms. The number of carbonyl (C=O) groups is 4. The van der Waals surface area contributed by atoms with Gasteiger partial charge in [-0.15, -0.1) is 0 Å². The lowest BCUT2D eigenvalue weighted by atomic mass is 9.86. The van der Waals surface area contributed by atoms with Gasteiger partial charge in [0.25, 0.3) is 0 Å². The molecule has 1 aromatic carbocycles. The van der Waals surface area contributed by atoms with Crippen molar-refractivity contribution in [3.63, 3.8) is 0 Å². The standard InChI is InChI=1S/C21H29NO10/c1-6-12(2)17(23)30-13(3)10-21(22,18(24)25)11-14-7-8-15(31-19(26)28-4)16(9-14)32-20(27)29-5/h7-9,12-13H,6,10-11,22H2,1-5H3,(H,24,25)/t12?,13-,21?/m0/s1. The van der Waals surface area contributed by atoms with E-state index in [0.29, 0.717) is 12.0 Å². The Morgan fingerprint density at radius 2 is 1.59 bits per heavy atom. The van der Waals surface area contributed by atoms with Crippen molar-refractivity contribution in [1.29, 1.82) is 0 Å². The van der Waals surface area contributed by atoms with Crippen molar-refractivity contribution >= 4 is 24.2 Å². The first-order valence-corrected chi connectivity index (χ1v) is 9.83. The van der Waals surface area contributed by atoms with Crippen LogP contribution in [0.5, 0.6) is 11.5 Å². The van der Waals surface area contributed by atoms with E-state index in [9.17, 15) is 24.3 Å². The highest BCUT2D eigenvalue weighted by Gasteiger charge is 2.37. The number of aliphatic carboxylic acids is 1. The Labute approximate surface area is 185 Å². The summed E-state index contributed by atoms with van der Waals surface area (Å²) in [5.41, 5.74) is 4.70. The Hall–Kier alpha value is -3.34. The molecular formula is C21H29NO10. The Morgan fingerprint density at radius 1 is 1.03 bits per heavy atom. The number of carboxylic acids is 1. The molecule has 0 radical (unpaired) electrons. The monoisotopic (exact) mass is 455 g/mol. The van der Waals surface area contributed by atoms with E-state index in [2.05, 4.69) is 9.47 Å². The molecule has 1 aromatic rings. The normalized spacial score (nSPS) is 14.3. The smallest absolute Gasteiger partial charge is 0.480 e. The summed E-state index contributed by atoms with van der Waals surface area (Å²) in [5.74, 6) is -2.43. The number of rotatable bonds is 10. The van der Waals surface area contributed by atoms with Gasteiger partial charge >= 0.3 is 24.2 Å². The summed E-state index contributed by atoms with van der Waals surface area (Å²) in [6.45, 7) is 5.11. The molecule has 3 N–H and O–H groups in total. The third kappa shape index (κ3) is 7.73. The van der Waals surface area contributed by atoms with Gasteiger partial charge in [0.05, 0.1) is 20.1 Å². The van der Waals surface area contributed by atoms with Crippen LogP contribution < -0.4 is 15.2 Å². The molecule has 0 spiro atoms. The molecule has 0 saturated carbocycles. The summed E-state index contributed by atoms with van der Waals surface area (Å²) >= 11 is 0. The molecule has 0 bridgehead atoms. The van der Waals surface area contributed by atoms with E-state index in [1.165, 1.54) is 18.2 Å². The van der Waals surface area contributed by atoms with Gasteiger partial charge in [-0.1, -0.05) is 19.9 Å². The zero-order valence-electron chi connectivity index (χ0n) is 18.7. The number of esters is 1. The summed E-state index contributed by atoms with van der Waals surface area (Å²) in [7, 11) is 2.19. The SMILES string of the molecule is CCC(C)C(=O)O[C@@H](C)CC(N)(Cc1ccc(OC(=O)OC)c(OC(=O)OC)c1)C(=O)O. The first-order valence-electron chi connectivity index (χ1n) is 9.83. The van der Waals surface area contributed by atoms with Gasteiger partial charge in [-0.3, -0.25) is 9.59 Å². The van der Waals surface area contributed by atoms with Gasteiger partial charge in [-0.2, -0.15) is 0 Å². The first-order chi connectivity index (χ1) is 14.9. The molecule has 0 aromatic heterocycles. The van der Waals surface area contributed by atoms with Gasteiger partial charge in [0.2, 0.25) is 0 Å². The molecule has 2 unspecified atom stereocenters. The van der Waals surface area contributed by atoms with Crippen LogP contribution in [-0.4, -0.2) is 55.2 Å². The molecule has 11 heteroatoms. The van der Waals surface area contributed by atoms with E-state index in [4.69, 9.17) is 19.9 Å². The highest BCUT2D eigenvalue weighted by atomic mass is 16.7. The number of methoxy groups -OCH3 is 2. The van der Waals surface area contributed by atoms with Crippen LogP contribution in [0.4, 0.5) is 9.59 Å². The minimum atomic E-state index is -1.80. The molecule has 0 aliphatic heterocycles. The predicted octanol–water partition coefficient (Wildman–Crippen LogP) is 2.67. The second-order valence-electron chi connectivity index (χ2n) is 7.29. The predicted molar refractivity (Wildman–Crippen MR) is 110 cm³/mol. The van der Waals surface area contributed by atoms with Gasteiger partial charge in [0.15, 0.2) is 11.5 Å². The molecule has 0 aliphatic carbocycles. The lowest BCUT2D eigenvalue weighted by Crippen LogP contribution is -2.52. The number of carboxylic acid groups (broad SMARTS) is 1. The van der Waals surface area contributed by atoms with Crippen LogP contribution in [0, 0.1) is 5.92 Å². The molecular weight excluding hydrogens is 426 g/mol. The zero-order chi connectivity index (χ0) is 24.5. The highest BCUT2D eigenvalue weighted by molar-refractivity contribution is 5.79. The van der Waals surface area contributed by atoms with Crippen LogP contribution in [-0.2, 0) is 30.2 Å². The summed E-state index contributed by atoms with van der Waals surface area (Å²) in [4.78, 5) is 46.9. The van der Waals surface area contributed by atoms with E-state index < -0.39 is 35.9 Å². The average Bonchev–Trinajstić information content (AvgIpc) is 2.74. The van der Waals surface area contributed by atoms with Gasteiger partial charge in [0, 0.05) is 12.8 Å². The Morgan fingerprint density at radius 3 is 2.09 bits per heavy atom. The number of hydrogen-bond acceptors (Lipinski definition) is 10. The maximum Gasteiger partial charge on any atom is 0.513 e. The number of benzene rings is 1. The van der Waals surface area contributed by atoms with Crippen molar-refractivity contribution in [3.05, 3.63) is 23.8 Å². The van der Waals surface area contributed by atoms with Crippen molar-refractivity contribution in [2.75, 3.05) is 14.2 Å². The third-order valence-electron chi connectivity index (χ3n) is 4.66. The van der Waals surface area contributed by atoms with E-state index in [0.717, 1.165) is 14.2 Å². The average molecular weight is 455 g/mol. The van der Waals surface area contributed by atoms with Crippen LogP contribution in [0.25, 0.3) is 0 Å². The second-order valence-corrected chi connectivity index (χ2v) is 7.29. The van der Waals surface area contributed by atoms with Gasteiger partial charge in [-0.25, -0.2) is 9.59 Å². The second kappa shape index (κ2) is 11.9. The fourth-order valence-corrected chi connectivity index (χ4v) is 2.72. The molecule has 0 heterocycles.